The highest BCUT2D eigenvalue weighted by molar-refractivity contribution is 7.89. The molecule has 9 heteroatoms. The monoisotopic (exact) mass is 444 g/mol. The number of nitrogens with one attached hydrogen (secondary N) is 1. The zero-order chi connectivity index (χ0) is 20.7. The van der Waals surface area contributed by atoms with E-state index in [1.165, 1.54) is 22.5 Å². The Labute approximate surface area is 175 Å². The number of rotatable bonds is 9. The molecule has 0 spiro atoms. The molecule has 2 aromatic rings. The van der Waals surface area contributed by atoms with Crippen LogP contribution in [0.5, 0.6) is 5.75 Å². The van der Waals surface area contributed by atoms with Crippen molar-refractivity contribution in [2.24, 2.45) is 0 Å². The van der Waals surface area contributed by atoms with Crippen molar-refractivity contribution in [2.75, 3.05) is 19.7 Å². The fourth-order valence-corrected chi connectivity index (χ4v) is 4.48. The van der Waals surface area contributed by atoms with E-state index >= 15 is 0 Å². The van der Waals surface area contributed by atoms with E-state index in [4.69, 9.17) is 27.9 Å². The average Bonchev–Trinajstić information content (AvgIpc) is 2.67. The fraction of sp³-hybridized carbons (Fsp3) is 0.316. The summed E-state index contributed by atoms with van der Waals surface area (Å²) in [5.74, 6) is -0.297. The number of sulfonamides is 1. The van der Waals surface area contributed by atoms with Gasteiger partial charge in [0.05, 0.1) is 0 Å². The van der Waals surface area contributed by atoms with Gasteiger partial charge in [0.2, 0.25) is 10.0 Å². The van der Waals surface area contributed by atoms with Gasteiger partial charge in [-0.15, -0.1) is 0 Å². The van der Waals surface area contributed by atoms with Crippen molar-refractivity contribution in [3.05, 3.63) is 58.1 Å². The molecule has 0 bridgehead atoms. The smallest absolute Gasteiger partial charge is 0.258 e. The Morgan fingerprint density at radius 2 is 1.64 bits per heavy atom. The molecule has 0 aliphatic heterocycles. The molecular formula is C19H22Cl2N2O4S. The van der Waals surface area contributed by atoms with Crippen LogP contribution in [0.2, 0.25) is 10.0 Å². The number of carbonyl (C=O) groups excluding carboxylic acids is 1. The zero-order valence-corrected chi connectivity index (χ0v) is 17.9. The first-order valence-electron chi connectivity index (χ1n) is 8.71. The Balaban J connectivity index is 2.07. The van der Waals surface area contributed by atoms with Crippen LogP contribution in [0.1, 0.15) is 19.4 Å². The second kappa shape index (κ2) is 10.1. The summed E-state index contributed by atoms with van der Waals surface area (Å²) in [6, 6.07) is 11.4. The normalized spacial score (nSPS) is 11.5. The van der Waals surface area contributed by atoms with Gasteiger partial charge >= 0.3 is 0 Å². The third-order valence-electron chi connectivity index (χ3n) is 3.99. The van der Waals surface area contributed by atoms with Crippen LogP contribution in [0.4, 0.5) is 0 Å². The predicted molar refractivity (Wildman–Crippen MR) is 110 cm³/mol. The predicted octanol–water partition coefficient (Wildman–Crippen LogP) is 3.72. The highest BCUT2D eigenvalue weighted by Gasteiger charge is 2.26. The summed E-state index contributed by atoms with van der Waals surface area (Å²) in [4.78, 5) is 12.0. The van der Waals surface area contributed by atoms with Crippen molar-refractivity contribution in [1.29, 1.82) is 0 Å². The summed E-state index contributed by atoms with van der Waals surface area (Å²) >= 11 is 11.8. The number of hydrogen-bond donors (Lipinski definition) is 1. The molecule has 0 atom stereocenters. The molecule has 28 heavy (non-hydrogen) atoms. The molecule has 0 unspecified atom stereocenters. The quantitative estimate of drug-likeness (QED) is 0.639. The molecule has 0 aromatic heterocycles. The summed E-state index contributed by atoms with van der Waals surface area (Å²) in [5.41, 5.74) is 0.883. The number of carbonyl (C=O) groups is 1. The maximum Gasteiger partial charge on any atom is 0.258 e. The number of hydrogen-bond acceptors (Lipinski definition) is 4. The number of benzene rings is 2. The Morgan fingerprint density at radius 1 is 1.04 bits per heavy atom. The molecule has 6 nitrogen and oxygen atoms in total. The molecule has 0 fully saturated rings. The van der Waals surface area contributed by atoms with Gasteiger partial charge in [0, 0.05) is 29.7 Å². The Bertz CT molecular complexity index is 914. The van der Waals surface area contributed by atoms with Crippen molar-refractivity contribution in [2.45, 2.75) is 25.3 Å². The van der Waals surface area contributed by atoms with E-state index in [1.54, 1.807) is 38.1 Å². The number of nitrogens with zero attached hydrogens (tertiary/aromatic N) is 1. The Hall–Kier alpha value is -1.80. The van der Waals surface area contributed by atoms with Crippen molar-refractivity contribution < 1.29 is 17.9 Å². The van der Waals surface area contributed by atoms with Gasteiger partial charge in [-0.3, -0.25) is 4.79 Å². The minimum atomic E-state index is -3.78. The summed E-state index contributed by atoms with van der Waals surface area (Å²) < 4.78 is 32.4. The molecule has 1 amide bonds. The van der Waals surface area contributed by atoms with Crippen LogP contribution in [-0.2, 0) is 21.4 Å². The van der Waals surface area contributed by atoms with Gasteiger partial charge in [0.1, 0.15) is 10.6 Å². The average molecular weight is 445 g/mol. The zero-order valence-electron chi connectivity index (χ0n) is 15.6. The van der Waals surface area contributed by atoms with E-state index in [1.807, 2.05) is 0 Å². The molecular weight excluding hydrogens is 423 g/mol. The first kappa shape index (κ1) is 22.5. The van der Waals surface area contributed by atoms with Gasteiger partial charge < -0.3 is 10.1 Å². The van der Waals surface area contributed by atoms with E-state index in [-0.39, 0.29) is 28.2 Å². The van der Waals surface area contributed by atoms with Crippen LogP contribution in [0.25, 0.3) is 0 Å². The van der Waals surface area contributed by atoms with Gasteiger partial charge in [-0.2, -0.15) is 4.31 Å². The summed E-state index contributed by atoms with van der Waals surface area (Å²) in [7, 11) is -3.78. The highest BCUT2D eigenvalue weighted by atomic mass is 35.5. The lowest BCUT2D eigenvalue weighted by molar-refractivity contribution is -0.123. The first-order valence-corrected chi connectivity index (χ1v) is 10.9. The van der Waals surface area contributed by atoms with Gasteiger partial charge in [-0.25, -0.2) is 8.42 Å². The van der Waals surface area contributed by atoms with Crippen LogP contribution in [-0.4, -0.2) is 38.3 Å². The van der Waals surface area contributed by atoms with Gasteiger partial charge in [0.25, 0.3) is 5.91 Å². The molecule has 152 valence electrons. The molecule has 0 radical (unpaired) electrons. The van der Waals surface area contributed by atoms with E-state index in [0.717, 1.165) is 5.56 Å². The summed E-state index contributed by atoms with van der Waals surface area (Å²) in [5, 5.41) is 3.59. The van der Waals surface area contributed by atoms with E-state index in [9.17, 15) is 13.2 Å². The Morgan fingerprint density at radius 3 is 2.25 bits per heavy atom. The van der Waals surface area contributed by atoms with E-state index in [0.29, 0.717) is 24.7 Å². The lowest BCUT2D eigenvalue weighted by Gasteiger charge is -2.20. The summed E-state index contributed by atoms with van der Waals surface area (Å²) in [6.07, 6.45) is 0. The standard InChI is InChI=1S/C19H22Cl2N2O4S/c1-3-23(4-2)28(25,26)18-11-16(21)9-10-17(18)27-13-19(24)22-12-14-5-7-15(20)8-6-14/h5-11H,3-4,12-13H2,1-2H3,(H,22,24). The minimum Gasteiger partial charge on any atom is -0.482 e. The number of amides is 1. The van der Waals surface area contributed by atoms with Crippen molar-refractivity contribution >= 4 is 39.1 Å². The van der Waals surface area contributed by atoms with Crippen LogP contribution >= 0.6 is 23.2 Å². The van der Waals surface area contributed by atoms with Crippen LogP contribution in [0.3, 0.4) is 0 Å². The third-order valence-corrected chi connectivity index (χ3v) is 6.55. The third kappa shape index (κ3) is 5.85. The van der Waals surface area contributed by atoms with Crippen molar-refractivity contribution in [1.82, 2.24) is 9.62 Å². The number of ether oxygens (including phenoxy) is 1. The molecule has 2 aromatic carbocycles. The second-order valence-corrected chi connectivity index (χ2v) is 8.65. The topological polar surface area (TPSA) is 75.7 Å². The van der Waals surface area contributed by atoms with E-state index < -0.39 is 10.0 Å². The van der Waals surface area contributed by atoms with Crippen molar-refractivity contribution in [3.8, 4) is 5.75 Å². The first-order chi connectivity index (χ1) is 13.3. The maximum atomic E-state index is 12.8. The summed E-state index contributed by atoms with van der Waals surface area (Å²) in [6.45, 7) is 4.10. The Kier molecular flexibility index (Phi) is 8.12. The lowest BCUT2D eigenvalue weighted by Crippen LogP contribution is -2.32. The fourth-order valence-electron chi connectivity index (χ4n) is 2.50. The lowest BCUT2D eigenvalue weighted by atomic mass is 10.2. The van der Waals surface area contributed by atoms with Gasteiger partial charge in [-0.05, 0) is 35.9 Å². The molecule has 0 saturated carbocycles. The molecule has 2 rings (SSSR count). The van der Waals surface area contributed by atoms with Crippen molar-refractivity contribution in [3.63, 3.8) is 0 Å². The molecule has 0 aliphatic rings. The molecule has 0 heterocycles. The molecule has 0 saturated heterocycles. The van der Waals surface area contributed by atoms with Crippen LogP contribution in [0, 0.1) is 0 Å². The maximum absolute atomic E-state index is 12.8. The van der Waals surface area contributed by atoms with Gasteiger partial charge in [0.15, 0.2) is 6.61 Å². The minimum absolute atomic E-state index is 0.0609. The van der Waals surface area contributed by atoms with Crippen LogP contribution in [0.15, 0.2) is 47.4 Å². The molecule has 1 N–H and O–H groups in total. The molecule has 0 aliphatic carbocycles. The largest absolute Gasteiger partial charge is 0.482 e. The SMILES string of the molecule is CCN(CC)S(=O)(=O)c1cc(Cl)ccc1OCC(=O)NCc1ccc(Cl)cc1. The second-order valence-electron chi connectivity index (χ2n) is 5.87. The van der Waals surface area contributed by atoms with Gasteiger partial charge in [-0.1, -0.05) is 49.2 Å². The number of halogens is 2. The van der Waals surface area contributed by atoms with E-state index in [2.05, 4.69) is 5.32 Å². The highest BCUT2D eigenvalue weighted by Crippen LogP contribution is 2.29. The van der Waals surface area contributed by atoms with Crippen LogP contribution < -0.4 is 10.1 Å².